The molecule has 0 atom stereocenters. The van der Waals surface area contributed by atoms with Crippen molar-refractivity contribution in [2.45, 2.75) is 32.5 Å². The van der Waals surface area contributed by atoms with Crippen molar-refractivity contribution in [2.75, 3.05) is 13.7 Å². The number of methoxy groups -OCH3 is 1. The van der Waals surface area contributed by atoms with E-state index in [-0.39, 0.29) is 25.1 Å². The number of ether oxygens (including phenoxy) is 2. The third-order valence-electron chi connectivity index (χ3n) is 4.76. The highest BCUT2D eigenvalue weighted by molar-refractivity contribution is 5.84. The molecular weight excluding hydrogens is 451 g/mol. The largest absolute Gasteiger partial charge is 0.496 e. The molecule has 0 aliphatic heterocycles. The van der Waals surface area contributed by atoms with Crippen LogP contribution in [-0.2, 0) is 22.6 Å². The number of halogens is 3. The Hall–Kier alpha value is -3.75. The van der Waals surface area contributed by atoms with E-state index in [9.17, 15) is 22.8 Å². The van der Waals surface area contributed by atoms with Crippen molar-refractivity contribution >= 4 is 17.6 Å². The number of hydrogen-bond acceptors (Lipinski definition) is 4. The quantitative estimate of drug-likeness (QED) is 0.440. The van der Waals surface area contributed by atoms with Crippen LogP contribution in [0.4, 0.5) is 18.0 Å². The van der Waals surface area contributed by atoms with Gasteiger partial charge in [0.25, 0.3) is 0 Å². The molecule has 0 aliphatic carbocycles. The van der Waals surface area contributed by atoms with E-state index < -0.39 is 24.7 Å². The van der Waals surface area contributed by atoms with E-state index in [1.54, 1.807) is 55.5 Å². The maximum absolute atomic E-state index is 13.0. The highest BCUT2D eigenvalue weighted by Crippen LogP contribution is 2.33. The molecule has 0 saturated heterocycles. The summed E-state index contributed by atoms with van der Waals surface area (Å²) in [6, 6.07) is 13.6. The predicted octanol–water partition coefficient (Wildman–Crippen LogP) is 5.53. The summed E-state index contributed by atoms with van der Waals surface area (Å²) in [5.41, 5.74) is 2.18. The average molecular weight is 477 g/mol. The van der Waals surface area contributed by atoms with Crippen molar-refractivity contribution in [2.24, 2.45) is 0 Å². The van der Waals surface area contributed by atoms with Gasteiger partial charge in [0.2, 0.25) is 0 Å². The predicted molar refractivity (Wildman–Crippen MR) is 121 cm³/mol. The van der Waals surface area contributed by atoms with Crippen LogP contribution in [0.2, 0.25) is 0 Å². The van der Waals surface area contributed by atoms with Gasteiger partial charge in [-0.1, -0.05) is 48.6 Å². The molecule has 2 N–H and O–H groups in total. The summed E-state index contributed by atoms with van der Waals surface area (Å²) in [6.45, 7) is 1.40. The van der Waals surface area contributed by atoms with E-state index in [4.69, 9.17) is 14.6 Å². The molecule has 0 spiro atoms. The van der Waals surface area contributed by atoms with Crippen molar-refractivity contribution in [3.8, 4) is 5.75 Å². The number of allylic oxidation sites excluding steroid dienone is 2. The lowest BCUT2D eigenvalue weighted by Crippen LogP contribution is -2.27. The van der Waals surface area contributed by atoms with Crippen LogP contribution in [0.3, 0.4) is 0 Å². The second-order valence-corrected chi connectivity index (χ2v) is 7.27. The number of aliphatic carboxylic acids is 1. The molecule has 2 aromatic rings. The van der Waals surface area contributed by atoms with Gasteiger partial charge in [0, 0.05) is 12.1 Å². The second kappa shape index (κ2) is 12.5. The molecule has 9 heteroatoms. The molecule has 0 aromatic heterocycles. The maximum Gasteiger partial charge on any atom is 0.407 e. The number of amides is 1. The normalized spacial score (nSPS) is 12.3. The van der Waals surface area contributed by atoms with Gasteiger partial charge in [-0.3, -0.25) is 4.79 Å². The van der Waals surface area contributed by atoms with E-state index >= 15 is 0 Å². The first-order valence-corrected chi connectivity index (χ1v) is 10.4. The van der Waals surface area contributed by atoms with Crippen LogP contribution in [-0.4, -0.2) is 37.0 Å². The Morgan fingerprint density at radius 2 is 1.79 bits per heavy atom. The molecule has 6 nitrogen and oxygen atoms in total. The molecule has 1 amide bonds. The fourth-order valence-electron chi connectivity index (χ4n) is 3.22. The SMILES string of the molecule is C/C=C(\C(=C/CC(F)(F)F)CNC(=O)OCc1ccccc1)c1cc(CC(=O)O)ccc1OC. The molecule has 0 saturated carbocycles. The van der Waals surface area contributed by atoms with Gasteiger partial charge < -0.3 is 19.9 Å². The van der Waals surface area contributed by atoms with Gasteiger partial charge in [-0.25, -0.2) is 4.79 Å². The Morgan fingerprint density at radius 3 is 2.38 bits per heavy atom. The highest BCUT2D eigenvalue weighted by Gasteiger charge is 2.26. The van der Waals surface area contributed by atoms with Crippen LogP contribution < -0.4 is 10.1 Å². The number of hydrogen-bond donors (Lipinski definition) is 2. The zero-order valence-corrected chi connectivity index (χ0v) is 18.8. The molecule has 0 bridgehead atoms. The van der Waals surface area contributed by atoms with Crippen molar-refractivity contribution in [3.63, 3.8) is 0 Å². The number of benzene rings is 2. The van der Waals surface area contributed by atoms with Gasteiger partial charge in [-0.15, -0.1) is 0 Å². The molecule has 0 aliphatic rings. The van der Waals surface area contributed by atoms with Crippen LogP contribution >= 0.6 is 0 Å². The Morgan fingerprint density at radius 1 is 1.09 bits per heavy atom. The molecule has 182 valence electrons. The van der Waals surface area contributed by atoms with Gasteiger partial charge in [0.15, 0.2) is 0 Å². The fraction of sp³-hybridized carbons (Fsp3) is 0.280. The summed E-state index contributed by atoms with van der Waals surface area (Å²) >= 11 is 0. The molecule has 34 heavy (non-hydrogen) atoms. The fourth-order valence-corrected chi connectivity index (χ4v) is 3.22. The highest BCUT2D eigenvalue weighted by atomic mass is 19.4. The third-order valence-corrected chi connectivity index (χ3v) is 4.76. The molecule has 2 rings (SSSR count). The van der Waals surface area contributed by atoms with Gasteiger partial charge in [0.05, 0.1) is 20.0 Å². The molecule has 0 fully saturated rings. The van der Waals surface area contributed by atoms with Crippen molar-refractivity contribution in [3.05, 3.63) is 82.9 Å². The minimum atomic E-state index is -4.45. The number of alkyl carbamates (subject to hydrolysis) is 1. The lowest BCUT2D eigenvalue weighted by Gasteiger charge is -2.18. The summed E-state index contributed by atoms with van der Waals surface area (Å²) < 4.78 is 49.4. The van der Waals surface area contributed by atoms with Crippen molar-refractivity contribution < 1.29 is 37.3 Å². The van der Waals surface area contributed by atoms with Crippen LogP contribution in [0.15, 0.2) is 66.3 Å². The summed E-state index contributed by atoms with van der Waals surface area (Å²) in [5, 5.41) is 11.6. The Bertz CT molecular complexity index is 1050. The van der Waals surface area contributed by atoms with Gasteiger partial charge >= 0.3 is 18.2 Å². The molecule has 0 radical (unpaired) electrons. The zero-order valence-electron chi connectivity index (χ0n) is 18.8. The van der Waals surface area contributed by atoms with Crippen LogP contribution in [0.1, 0.15) is 30.0 Å². The lowest BCUT2D eigenvalue weighted by molar-refractivity contribution is -0.136. The summed E-state index contributed by atoms with van der Waals surface area (Å²) in [7, 11) is 1.40. The van der Waals surface area contributed by atoms with Gasteiger partial charge in [0.1, 0.15) is 12.4 Å². The van der Waals surface area contributed by atoms with E-state index in [1.807, 2.05) is 6.07 Å². The van der Waals surface area contributed by atoms with Crippen molar-refractivity contribution in [1.29, 1.82) is 0 Å². The van der Waals surface area contributed by atoms with E-state index in [0.29, 0.717) is 22.4 Å². The first-order valence-electron chi connectivity index (χ1n) is 10.4. The average Bonchev–Trinajstić information content (AvgIpc) is 2.79. The second-order valence-electron chi connectivity index (χ2n) is 7.27. The molecule has 2 aromatic carbocycles. The maximum atomic E-state index is 13.0. The molecule has 0 heterocycles. The summed E-state index contributed by atoms with van der Waals surface area (Å²) in [4.78, 5) is 23.3. The minimum absolute atomic E-state index is 0.00972. The number of alkyl halides is 3. The Kier molecular flexibility index (Phi) is 9.73. The number of carboxylic acid groups (broad SMARTS) is 1. The topological polar surface area (TPSA) is 84.9 Å². The monoisotopic (exact) mass is 477 g/mol. The number of carbonyl (C=O) groups excluding carboxylic acids is 1. The van der Waals surface area contributed by atoms with Gasteiger partial charge in [-0.2, -0.15) is 13.2 Å². The Balaban J connectivity index is 2.27. The van der Waals surface area contributed by atoms with Crippen molar-refractivity contribution in [1.82, 2.24) is 5.32 Å². The molecular formula is C25H26F3NO5. The van der Waals surface area contributed by atoms with Crippen LogP contribution in [0.25, 0.3) is 5.57 Å². The minimum Gasteiger partial charge on any atom is -0.496 e. The number of carboxylic acids is 1. The Labute approximate surface area is 195 Å². The summed E-state index contributed by atoms with van der Waals surface area (Å²) in [6.07, 6.45) is -4.15. The van der Waals surface area contributed by atoms with E-state index in [1.165, 1.54) is 7.11 Å². The van der Waals surface area contributed by atoms with E-state index in [0.717, 1.165) is 11.6 Å². The number of carbonyl (C=O) groups is 2. The van der Waals surface area contributed by atoms with Gasteiger partial charge in [-0.05, 0) is 41.3 Å². The lowest BCUT2D eigenvalue weighted by atomic mass is 9.93. The standard InChI is InChI=1S/C25H26F3NO5/c1-3-20(21-13-18(14-23(30)31)9-10-22(21)33-2)19(11-12-25(26,27)28)15-29-24(32)34-16-17-7-5-4-6-8-17/h3-11,13H,12,14-16H2,1-2H3,(H,29,32)(H,30,31)/b19-11-,20-3+. The number of nitrogens with one attached hydrogen (secondary N) is 1. The third kappa shape index (κ3) is 8.65. The number of rotatable bonds is 10. The molecule has 0 unspecified atom stereocenters. The van der Waals surface area contributed by atoms with Crippen LogP contribution in [0.5, 0.6) is 5.75 Å². The van der Waals surface area contributed by atoms with E-state index in [2.05, 4.69) is 5.32 Å². The summed E-state index contributed by atoms with van der Waals surface area (Å²) in [5.74, 6) is -0.694. The van der Waals surface area contributed by atoms with Crippen LogP contribution in [0, 0.1) is 0 Å². The first-order chi connectivity index (χ1) is 16.1. The zero-order chi connectivity index (χ0) is 25.1. The smallest absolute Gasteiger partial charge is 0.407 e. The first kappa shape index (κ1) is 26.5.